The highest BCUT2D eigenvalue weighted by molar-refractivity contribution is 5.89. The molecular formula is C22H19N3O3. The second-order valence-corrected chi connectivity index (χ2v) is 5.98. The molecule has 0 aliphatic carbocycles. The molecule has 1 heterocycles. The Labute approximate surface area is 163 Å². The average Bonchev–Trinajstić information content (AvgIpc) is 3.17. The van der Waals surface area contributed by atoms with E-state index in [0.717, 1.165) is 22.6 Å². The molecule has 0 aliphatic rings. The van der Waals surface area contributed by atoms with Crippen LogP contribution in [0.15, 0.2) is 66.9 Å². The van der Waals surface area contributed by atoms with Gasteiger partial charge in [-0.1, -0.05) is 18.2 Å². The zero-order valence-corrected chi connectivity index (χ0v) is 15.6. The summed E-state index contributed by atoms with van der Waals surface area (Å²) in [5.41, 5.74) is 3.24. The lowest BCUT2D eigenvalue weighted by Gasteiger charge is -2.03. The number of methoxy groups -OCH3 is 1. The molecule has 6 heteroatoms. The molecule has 1 aromatic heterocycles. The molecule has 0 amide bonds. The Bertz CT molecular complexity index is 1020. The van der Waals surface area contributed by atoms with Crippen LogP contribution in [0, 0.1) is 11.3 Å². The Morgan fingerprint density at radius 3 is 2.54 bits per heavy atom. The lowest BCUT2D eigenvalue weighted by molar-refractivity contribution is -0.139. The number of para-hydroxylation sites is 1. The first-order valence-corrected chi connectivity index (χ1v) is 8.68. The second-order valence-electron chi connectivity index (χ2n) is 5.98. The molecule has 0 saturated heterocycles. The molecule has 0 unspecified atom stereocenters. The normalized spacial score (nSPS) is 11.8. The Hall–Kier alpha value is -3.85. The number of esters is 1. The maximum atomic E-state index is 11.9. The van der Waals surface area contributed by atoms with Gasteiger partial charge in [-0.3, -0.25) is 0 Å². The number of benzene rings is 2. The highest BCUT2D eigenvalue weighted by atomic mass is 16.5. The van der Waals surface area contributed by atoms with Gasteiger partial charge in [-0.25, -0.2) is 9.48 Å². The summed E-state index contributed by atoms with van der Waals surface area (Å²) in [5.74, 6) is 0.166. The van der Waals surface area contributed by atoms with Crippen LogP contribution in [-0.2, 0) is 9.53 Å². The van der Waals surface area contributed by atoms with Crippen LogP contribution in [0.4, 0.5) is 0 Å². The molecule has 0 bridgehead atoms. The average molecular weight is 373 g/mol. The molecule has 0 fully saturated rings. The molecule has 1 atom stereocenters. The summed E-state index contributed by atoms with van der Waals surface area (Å²) >= 11 is 0. The summed E-state index contributed by atoms with van der Waals surface area (Å²) < 4.78 is 11.9. The van der Waals surface area contributed by atoms with Crippen LogP contribution in [0.5, 0.6) is 5.75 Å². The fourth-order valence-electron chi connectivity index (χ4n) is 2.59. The van der Waals surface area contributed by atoms with Gasteiger partial charge in [0.05, 0.1) is 18.5 Å². The summed E-state index contributed by atoms with van der Waals surface area (Å²) in [6, 6.07) is 19.1. The van der Waals surface area contributed by atoms with Crippen LogP contribution in [0.25, 0.3) is 23.0 Å². The molecule has 0 spiro atoms. The van der Waals surface area contributed by atoms with Crippen LogP contribution >= 0.6 is 0 Å². The predicted octanol–water partition coefficient (Wildman–Crippen LogP) is 4.02. The number of nitriles is 1. The fraction of sp³-hybridized carbons (Fsp3) is 0.136. The zero-order valence-electron chi connectivity index (χ0n) is 15.6. The predicted molar refractivity (Wildman–Crippen MR) is 106 cm³/mol. The van der Waals surface area contributed by atoms with Gasteiger partial charge in [0.2, 0.25) is 0 Å². The van der Waals surface area contributed by atoms with E-state index < -0.39 is 12.1 Å². The van der Waals surface area contributed by atoms with Crippen molar-refractivity contribution in [3.8, 4) is 28.8 Å². The van der Waals surface area contributed by atoms with E-state index in [9.17, 15) is 4.79 Å². The van der Waals surface area contributed by atoms with E-state index in [-0.39, 0.29) is 0 Å². The highest BCUT2D eigenvalue weighted by Gasteiger charge is 2.12. The van der Waals surface area contributed by atoms with Crippen molar-refractivity contribution in [2.24, 2.45) is 0 Å². The van der Waals surface area contributed by atoms with E-state index in [1.54, 1.807) is 17.9 Å². The van der Waals surface area contributed by atoms with E-state index in [1.165, 1.54) is 13.0 Å². The van der Waals surface area contributed by atoms with Gasteiger partial charge in [-0.15, -0.1) is 0 Å². The molecule has 0 radical (unpaired) electrons. The lowest BCUT2D eigenvalue weighted by Crippen LogP contribution is -2.10. The standard InChI is InChI=1S/C22H19N3O3/c1-16(14-23)28-21(26)13-10-18-15-25(19-6-4-3-5-7-19)24-22(18)17-8-11-20(27-2)12-9-17/h3-13,15-16H,1-2H3/b13-10+/t16-/m1/s1. The van der Waals surface area contributed by atoms with Gasteiger partial charge < -0.3 is 9.47 Å². The molecule has 140 valence electrons. The molecule has 3 aromatic rings. The van der Waals surface area contributed by atoms with Crippen LogP contribution in [-0.4, -0.2) is 29.0 Å². The first-order valence-electron chi connectivity index (χ1n) is 8.68. The van der Waals surface area contributed by atoms with Gasteiger partial charge in [-0.05, 0) is 49.4 Å². The summed E-state index contributed by atoms with van der Waals surface area (Å²) in [5, 5.41) is 13.4. The Morgan fingerprint density at radius 2 is 1.89 bits per heavy atom. The zero-order chi connectivity index (χ0) is 19.9. The molecule has 0 aliphatic heterocycles. The van der Waals surface area contributed by atoms with Gasteiger partial charge >= 0.3 is 5.97 Å². The molecule has 28 heavy (non-hydrogen) atoms. The Kier molecular flexibility index (Phi) is 5.87. The number of carbonyl (C=O) groups excluding carboxylic acids is 1. The van der Waals surface area contributed by atoms with Gasteiger partial charge in [0.15, 0.2) is 6.10 Å². The van der Waals surface area contributed by atoms with E-state index >= 15 is 0 Å². The molecule has 6 nitrogen and oxygen atoms in total. The van der Waals surface area contributed by atoms with Crippen molar-refractivity contribution in [2.75, 3.05) is 7.11 Å². The third kappa shape index (κ3) is 4.46. The van der Waals surface area contributed by atoms with Crippen molar-refractivity contribution in [2.45, 2.75) is 13.0 Å². The molecular weight excluding hydrogens is 354 g/mol. The largest absolute Gasteiger partial charge is 0.497 e. The van der Waals surface area contributed by atoms with Gasteiger partial charge in [0, 0.05) is 23.4 Å². The van der Waals surface area contributed by atoms with Crippen LogP contribution in [0.2, 0.25) is 0 Å². The monoisotopic (exact) mass is 373 g/mol. The van der Waals surface area contributed by atoms with Gasteiger partial charge in [0.1, 0.15) is 11.8 Å². The summed E-state index contributed by atoms with van der Waals surface area (Å²) in [7, 11) is 1.61. The highest BCUT2D eigenvalue weighted by Crippen LogP contribution is 2.26. The maximum absolute atomic E-state index is 11.9. The Morgan fingerprint density at radius 1 is 1.18 bits per heavy atom. The number of hydrogen-bond acceptors (Lipinski definition) is 5. The topological polar surface area (TPSA) is 77.1 Å². The lowest BCUT2D eigenvalue weighted by atomic mass is 10.1. The number of hydrogen-bond donors (Lipinski definition) is 0. The minimum absolute atomic E-state index is 0.581. The van der Waals surface area contributed by atoms with Crippen molar-refractivity contribution < 1.29 is 14.3 Å². The third-order valence-electron chi connectivity index (χ3n) is 4.00. The van der Waals surface area contributed by atoms with E-state index in [4.69, 9.17) is 14.7 Å². The third-order valence-corrected chi connectivity index (χ3v) is 4.00. The minimum atomic E-state index is -0.801. The number of ether oxygens (including phenoxy) is 2. The number of rotatable bonds is 6. The Balaban J connectivity index is 1.97. The smallest absolute Gasteiger partial charge is 0.332 e. The van der Waals surface area contributed by atoms with Crippen LogP contribution < -0.4 is 4.74 Å². The first-order chi connectivity index (χ1) is 13.6. The summed E-state index contributed by atoms with van der Waals surface area (Å²) in [4.78, 5) is 11.9. The fourth-order valence-corrected chi connectivity index (χ4v) is 2.59. The molecule has 3 rings (SSSR count). The van der Waals surface area contributed by atoms with Crippen molar-refractivity contribution in [1.29, 1.82) is 5.26 Å². The van der Waals surface area contributed by atoms with Crippen molar-refractivity contribution in [3.05, 3.63) is 72.4 Å². The van der Waals surface area contributed by atoms with Crippen LogP contribution in [0.3, 0.4) is 0 Å². The van der Waals surface area contributed by atoms with Crippen molar-refractivity contribution in [3.63, 3.8) is 0 Å². The second kappa shape index (κ2) is 8.69. The SMILES string of the molecule is COc1ccc(-c2nn(-c3ccccc3)cc2/C=C/C(=O)O[C@H](C)C#N)cc1. The number of nitrogens with zero attached hydrogens (tertiary/aromatic N) is 3. The summed E-state index contributed by atoms with van der Waals surface area (Å²) in [6.45, 7) is 1.52. The van der Waals surface area contributed by atoms with Crippen LogP contribution in [0.1, 0.15) is 12.5 Å². The molecule has 0 saturated carbocycles. The maximum Gasteiger partial charge on any atom is 0.332 e. The van der Waals surface area contributed by atoms with E-state index in [0.29, 0.717) is 5.69 Å². The molecule has 0 N–H and O–H groups in total. The van der Waals surface area contributed by atoms with Gasteiger partial charge in [0.25, 0.3) is 0 Å². The van der Waals surface area contributed by atoms with Crippen molar-refractivity contribution in [1.82, 2.24) is 9.78 Å². The first kappa shape index (κ1) is 18.9. The quantitative estimate of drug-likeness (QED) is 0.482. The minimum Gasteiger partial charge on any atom is -0.497 e. The number of aromatic nitrogens is 2. The van der Waals surface area contributed by atoms with E-state index in [2.05, 4.69) is 5.10 Å². The van der Waals surface area contributed by atoms with E-state index in [1.807, 2.05) is 66.9 Å². The summed E-state index contributed by atoms with van der Waals surface area (Å²) in [6.07, 6.45) is 3.98. The van der Waals surface area contributed by atoms with Crippen molar-refractivity contribution >= 4 is 12.0 Å². The number of carbonyl (C=O) groups is 1. The van der Waals surface area contributed by atoms with Gasteiger partial charge in [-0.2, -0.15) is 10.4 Å². The molecule has 2 aromatic carbocycles.